The lowest BCUT2D eigenvalue weighted by Crippen LogP contribution is -2.30. The zero-order valence-corrected chi connectivity index (χ0v) is 19.0. The highest BCUT2D eigenvalue weighted by atomic mass is 16.5. The number of benzene rings is 1. The summed E-state index contributed by atoms with van der Waals surface area (Å²) in [5, 5.41) is 22.4. The van der Waals surface area contributed by atoms with Gasteiger partial charge in [0.25, 0.3) is 5.91 Å². The van der Waals surface area contributed by atoms with Gasteiger partial charge in [-0.2, -0.15) is 4.98 Å². The lowest BCUT2D eigenvalue weighted by atomic mass is 10.1. The Morgan fingerprint density at radius 2 is 1.85 bits per heavy atom. The van der Waals surface area contributed by atoms with Crippen LogP contribution in [0.2, 0.25) is 0 Å². The number of carboxylic acid groups (broad SMARTS) is 1. The van der Waals surface area contributed by atoms with Gasteiger partial charge in [-0.15, -0.1) is 0 Å². The number of carboxylic acids is 1. The molecule has 0 spiro atoms. The van der Waals surface area contributed by atoms with Gasteiger partial charge in [0.05, 0.1) is 18.6 Å². The summed E-state index contributed by atoms with van der Waals surface area (Å²) in [5.74, 6) is 0.393. The van der Waals surface area contributed by atoms with Crippen molar-refractivity contribution in [3.8, 4) is 5.88 Å². The first kappa shape index (κ1) is 23.0. The summed E-state index contributed by atoms with van der Waals surface area (Å²) in [5.41, 5.74) is 1.04. The van der Waals surface area contributed by atoms with E-state index in [0.29, 0.717) is 37.0 Å². The minimum absolute atomic E-state index is 0.0715. The zero-order valence-electron chi connectivity index (χ0n) is 19.0. The fraction of sp³-hybridized carbons (Fsp3) is 0.480. The summed E-state index contributed by atoms with van der Waals surface area (Å²) in [7, 11) is 0. The van der Waals surface area contributed by atoms with Crippen LogP contribution < -0.4 is 15.0 Å². The molecule has 2 aromatic rings. The van der Waals surface area contributed by atoms with Gasteiger partial charge in [-0.05, 0) is 41.9 Å². The molecule has 8 nitrogen and oxygen atoms in total. The van der Waals surface area contributed by atoms with Crippen molar-refractivity contribution in [2.45, 2.75) is 26.4 Å². The van der Waals surface area contributed by atoms with E-state index in [9.17, 15) is 19.8 Å². The molecule has 33 heavy (non-hydrogen) atoms. The fourth-order valence-electron chi connectivity index (χ4n) is 4.44. The molecule has 1 aromatic heterocycles. The van der Waals surface area contributed by atoms with Crippen molar-refractivity contribution < 1.29 is 24.5 Å². The van der Waals surface area contributed by atoms with Gasteiger partial charge < -0.3 is 25.2 Å². The summed E-state index contributed by atoms with van der Waals surface area (Å²) in [6.45, 7) is 6.00. The number of aliphatic hydroxyl groups is 1. The molecule has 1 aromatic carbocycles. The van der Waals surface area contributed by atoms with Crippen molar-refractivity contribution in [1.82, 2.24) is 10.3 Å². The molecule has 8 heteroatoms. The largest absolute Gasteiger partial charge is 0.481 e. The van der Waals surface area contributed by atoms with E-state index in [1.54, 1.807) is 12.1 Å². The molecule has 2 aliphatic rings. The molecular weight excluding hydrogens is 422 g/mol. The number of hydrogen-bond donors (Lipinski definition) is 3. The third-order valence-electron chi connectivity index (χ3n) is 6.47. The summed E-state index contributed by atoms with van der Waals surface area (Å²) < 4.78 is 5.90. The summed E-state index contributed by atoms with van der Waals surface area (Å²) in [6.07, 6.45) is 0.0135. The molecule has 3 N–H and O–H groups in total. The van der Waals surface area contributed by atoms with Crippen molar-refractivity contribution in [3.63, 3.8) is 0 Å². The second-order valence-electron chi connectivity index (χ2n) is 9.29. The van der Waals surface area contributed by atoms with Crippen LogP contribution in [0.1, 0.15) is 42.3 Å². The number of pyridine rings is 1. The zero-order chi connectivity index (χ0) is 23.5. The SMILES string of the molecule is CC(C)CCOc1nc(N2C[C@@H]3C(C(=O)O)[C@@H]3C2)ccc1C(=O)NC[C@H](O)c1ccccc1. The first-order valence-corrected chi connectivity index (χ1v) is 11.5. The molecule has 1 amide bonds. The second-order valence-corrected chi connectivity index (χ2v) is 9.29. The standard InChI is InChI=1S/C25H31N3O5/c1-15(2)10-11-33-24-17(23(30)26-12-20(29)16-6-4-3-5-7-16)8-9-21(27-24)28-13-18-19(14-28)22(18)25(31)32/h3-9,15,18-20,22,29H,10-14H2,1-2H3,(H,26,30)(H,31,32)/t18-,19+,20-,22?/m0/s1. The summed E-state index contributed by atoms with van der Waals surface area (Å²) in [4.78, 5) is 30.8. The molecular formula is C25H31N3O5. The first-order valence-electron chi connectivity index (χ1n) is 11.5. The highest BCUT2D eigenvalue weighted by Gasteiger charge is 2.60. The predicted molar refractivity (Wildman–Crippen MR) is 123 cm³/mol. The number of nitrogens with one attached hydrogen (secondary N) is 1. The molecule has 1 saturated heterocycles. The van der Waals surface area contributed by atoms with Gasteiger partial charge >= 0.3 is 5.97 Å². The number of aliphatic carboxylic acids is 1. The van der Waals surface area contributed by atoms with Crippen LogP contribution in [0.5, 0.6) is 5.88 Å². The van der Waals surface area contributed by atoms with E-state index in [2.05, 4.69) is 29.0 Å². The Labute approximate surface area is 193 Å². The van der Waals surface area contributed by atoms with Crippen molar-refractivity contribution >= 4 is 17.7 Å². The van der Waals surface area contributed by atoms with Crippen LogP contribution in [0, 0.1) is 23.7 Å². The number of carbonyl (C=O) groups is 2. The van der Waals surface area contributed by atoms with E-state index in [-0.39, 0.29) is 36.1 Å². The van der Waals surface area contributed by atoms with Crippen LogP contribution in [-0.4, -0.2) is 53.3 Å². The average molecular weight is 454 g/mol. The number of ether oxygens (including phenoxy) is 1. The molecule has 4 atom stereocenters. The lowest BCUT2D eigenvalue weighted by molar-refractivity contribution is -0.139. The topological polar surface area (TPSA) is 112 Å². The number of nitrogens with zero attached hydrogens (tertiary/aromatic N) is 2. The molecule has 4 rings (SSSR count). The monoisotopic (exact) mass is 453 g/mol. The Morgan fingerprint density at radius 3 is 2.48 bits per heavy atom. The molecule has 1 aliphatic carbocycles. The van der Waals surface area contributed by atoms with Gasteiger partial charge in [0.2, 0.25) is 5.88 Å². The molecule has 2 fully saturated rings. The highest BCUT2D eigenvalue weighted by molar-refractivity contribution is 5.96. The number of anilines is 1. The maximum atomic E-state index is 12.9. The molecule has 1 aliphatic heterocycles. The quantitative estimate of drug-likeness (QED) is 0.507. The molecule has 1 saturated carbocycles. The number of hydrogen-bond acceptors (Lipinski definition) is 6. The van der Waals surface area contributed by atoms with Crippen LogP contribution >= 0.6 is 0 Å². The molecule has 0 radical (unpaired) electrons. The number of aliphatic hydroxyl groups excluding tert-OH is 1. The Morgan fingerprint density at radius 1 is 1.15 bits per heavy atom. The van der Waals surface area contributed by atoms with E-state index in [1.165, 1.54) is 0 Å². The van der Waals surface area contributed by atoms with Crippen LogP contribution in [0.25, 0.3) is 0 Å². The fourth-order valence-corrected chi connectivity index (χ4v) is 4.44. The molecule has 176 valence electrons. The average Bonchev–Trinajstić information content (AvgIpc) is 3.32. The van der Waals surface area contributed by atoms with Gasteiger partial charge in [-0.25, -0.2) is 0 Å². The van der Waals surface area contributed by atoms with Gasteiger partial charge in [0.15, 0.2) is 0 Å². The van der Waals surface area contributed by atoms with Crippen molar-refractivity contribution in [3.05, 3.63) is 53.6 Å². The molecule has 2 heterocycles. The highest BCUT2D eigenvalue weighted by Crippen LogP contribution is 2.52. The number of aromatic nitrogens is 1. The first-order chi connectivity index (χ1) is 15.8. The van der Waals surface area contributed by atoms with E-state index in [1.807, 2.05) is 30.3 Å². The van der Waals surface area contributed by atoms with Crippen molar-refractivity contribution in [2.75, 3.05) is 31.1 Å². The molecule has 0 bridgehead atoms. The predicted octanol–water partition coefficient (Wildman–Crippen LogP) is 2.74. The van der Waals surface area contributed by atoms with Crippen molar-refractivity contribution in [2.24, 2.45) is 23.7 Å². The Hall–Kier alpha value is -3.13. The van der Waals surface area contributed by atoms with E-state index in [0.717, 1.165) is 12.0 Å². The van der Waals surface area contributed by atoms with Crippen LogP contribution in [0.4, 0.5) is 5.82 Å². The Balaban J connectivity index is 1.44. The van der Waals surface area contributed by atoms with E-state index < -0.39 is 12.1 Å². The number of amides is 1. The summed E-state index contributed by atoms with van der Waals surface area (Å²) in [6, 6.07) is 12.6. The Kier molecular flexibility index (Phi) is 6.83. The van der Waals surface area contributed by atoms with Gasteiger partial charge in [-0.1, -0.05) is 44.2 Å². The number of rotatable bonds is 10. The van der Waals surface area contributed by atoms with Crippen LogP contribution in [0.15, 0.2) is 42.5 Å². The third kappa shape index (κ3) is 5.27. The van der Waals surface area contributed by atoms with E-state index in [4.69, 9.17) is 4.74 Å². The van der Waals surface area contributed by atoms with E-state index >= 15 is 0 Å². The Bertz CT molecular complexity index is 985. The van der Waals surface area contributed by atoms with Gasteiger partial charge in [0, 0.05) is 19.6 Å². The second kappa shape index (κ2) is 9.79. The maximum Gasteiger partial charge on any atom is 0.307 e. The molecule has 1 unspecified atom stereocenters. The van der Waals surface area contributed by atoms with Gasteiger partial charge in [-0.3, -0.25) is 9.59 Å². The smallest absolute Gasteiger partial charge is 0.307 e. The lowest BCUT2D eigenvalue weighted by Gasteiger charge is -2.22. The number of piperidine rings is 1. The van der Waals surface area contributed by atoms with Gasteiger partial charge in [0.1, 0.15) is 11.4 Å². The number of carbonyl (C=O) groups excluding carboxylic acids is 1. The maximum absolute atomic E-state index is 12.9. The normalized spacial score (nSPS) is 22.1. The minimum Gasteiger partial charge on any atom is -0.481 e. The summed E-state index contributed by atoms with van der Waals surface area (Å²) >= 11 is 0. The minimum atomic E-state index is -0.814. The van der Waals surface area contributed by atoms with Crippen LogP contribution in [0.3, 0.4) is 0 Å². The third-order valence-corrected chi connectivity index (χ3v) is 6.47. The van der Waals surface area contributed by atoms with Crippen LogP contribution in [-0.2, 0) is 4.79 Å². The van der Waals surface area contributed by atoms with Crippen molar-refractivity contribution in [1.29, 1.82) is 0 Å². The number of fused-ring (bicyclic) bond motifs is 1.